The third-order valence-electron chi connectivity index (χ3n) is 3.27. The van der Waals surface area contributed by atoms with E-state index in [1.807, 2.05) is 0 Å². The summed E-state index contributed by atoms with van der Waals surface area (Å²) >= 11 is 2.98. The predicted molar refractivity (Wildman–Crippen MR) is 69.4 cm³/mol. The zero-order chi connectivity index (χ0) is 13.1. The minimum atomic E-state index is -0.456. The Hall–Kier alpha value is -0.520. The topological polar surface area (TPSA) is 21.3 Å². The van der Waals surface area contributed by atoms with Crippen LogP contribution in [0.4, 0.5) is 8.78 Å². The lowest BCUT2D eigenvalue weighted by Gasteiger charge is -2.30. The third-order valence-corrected chi connectivity index (χ3v) is 3.88. The van der Waals surface area contributed by atoms with E-state index < -0.39 is 11.6 Å². The first kappa shape index (κ1) is 13.9. The van der Waals surface area contributed by atoms with Crippen LogP contribution in [0.15, 0.2) is 16.6 Å². The standard InChI is InChI=1S/C13H16BrF2NO/c1-17-13(12-4-2-3-5-18-12)8-6-11(16)9(14)7-10(8)15/h6-7,12-13,17H,2-5H2,1H3. The first-order valence-corrected chi connectivity index (χ1v) is 6.86. The maximum absolute atomic E-state index is 13.9. The minimum absolute atomic E-state index is 0.0983. The lowest BCUT2D eigenvalue weighted by Crippen LogP contribution is -2.34. The van der Waals surface area contributed by atoms with Crippen molar-refractivity contribution in [2.75, 3.05) is 13.7 Å². The van der Waals surface area contributed by atoms with Crippen molar-refractivity contribution in [1.29, 1.82) is 0 Å². The van der Waals surface area contributed by atoms with Crippen molar-refractivity contribution < 1.29 is 13.5 Å². The Morgan fingerprint density at radius 2 is 2.11 bits per heavy atom. The van der Waals surface area contributed by atoms with Crippen LogP contribution in [0, 0.1) is 11.6 Å². The number of benzene rings is 1. The van der Waals surface area contributed by atoms with E-state index in [-0.39, 0.29) is 16.6 Å². The molecule has 0 spiro atoms. The Morgan fingerprint density at radius 3 is 2.72 bits per heavy atom. The van der Waals surface area contributed by atoms with Gasteiger partial charge in [0.05, 0.1) is 16.6 Å². The quantitative estimate of drug-likeness (QED) is 0.860. The molecular weight excluding hydrogens is 304 g/mol. The maximum atomic E-state index is 13.9. The second kappa shape index (κ2) is 6.08. The fourth-order valence-corrected chi connectivity index (χ4v) is 2.66. The maximum Gasteiger partial charge on any atom is 0.137 e. The predicted octanol–water partition coefficient (Wildman–Crippen LogP) is 3.56. The van der Waals surface area contributed by atoms with Crippen molar-refractivity contribution in [3.05, 3.63) is 33.8 Å². The van der Waals surface area contributed by atoms with Crippen LogP contribution in [0.2, 0.25) is 0 Å². The van der Waals surface area contributed by atoms with E-state index in [2.05, 4.69) is 21.2 Å². The van der Waals surface area contributed by atoms with Gasteiger partial charge in [-0.3, -0.25) is 0 Å². The van der Waals surface area contributed by atoms with Gasteiger partial charge in [-0.15, -0.1) is 0 Å². The van der Waals surface area contributed by atoms with Gasteiger partial charge in [-0.1, -0.05) is 0 Å². The van der Waals surface area contributed by atoms with Crippen LogP contribution in [0.3, 0.4) is 0 Å². The smallest absolute Gasteiger partial charge is 0.137 e. The van der Waals surface area contributed by atoms with E-state index >= 15 is 0 Å². The van der Waals surface area contributed by atoms with Gasteiger partial charge in [0.2, 0.25) is 0 Å². The average Bonchev–Trinajstić information content (AvgIpc) is 2.38. The molecule has 5 heteroatoms. The van der Waals surface area contributed by atoms with Gasteiger partial charge in [0.25, 0.3) is 0 Å². The lowest BCUT2D eigenvalue weighted by molar-refractivity contribution is -0.00737. The largest absolute Gasteiger partial charge is 0.376 e. The Morgan fingerprint density at radius 1 is 1.33 bits per heavy atom. The molecule has 0 amide bonds. The van der Waals surface area contributed by atoms with Gasteiger partial charge in [-0.2, -0.15) is 0 Å². The van der Waals surface area contributed by atoms with Gasteiger partial charge in [-0.05, 0) is 54.4 Å². The first-order chi connectivity index (χ1) is 8.63. The van der Waals surface area contributed by atoms with Gasteiger partial charge in [0.1, 0.15) is 11.6 Å². The van der Waals surface area contributed by atoms with E-state index in [0.717, 1.165) is 25.3 Å². The number of rotatable bonds is 3. The molecule has 1 aliphatic heterocycles. The molecule has 1 fully saturated rings. The first-order valence-electron chi connectivity index (χ1n) is 6.06. The zero-order valence-electron chi connectivity index (χ0n) is 10.2. The van der Waals surface area contributed by atoms with Gasteiger partial charge < -0.3 is 10.1 Å². The summed E-state index contributed by atoms with van der Waals surface area (Å²) in [6.07, 6.45) is 2.86. The molecule has 1 aromatic carbocycles. The van der Waals surface area contributed by atoms with Crippen LogP contribution in [0.25, 0.3) is 0 Å². The van der Waals surface area contributed by atoms with Gasteiger partial charge >= 0.3 is 0 Å². The van der Waals surface area contributed by atoms with Crippen LogP contribution in [-0.4, -0.2) is 19.8 Å². The van der Waals surface area contributed by atoms with Crippen LogP contribution < -0.4 is 5.32 Å². The van der Waals surface area contributed by atoms with E-state index in [9.17, 15) is 8.78 Å². The van der Waals surface area contributed by atoms with Crippen molar-refractivity contribution in [1.82, 2.24) is 5.32 Å². The number of nitrogens with one attached hydrogen (secondary N) is 1. The molecule has 0 aromatic heterocycles. The Balaban J connectivity index is 2.28. The highest BCUT2D eigenvalue weighted by atomic mass is 79.9. The molecule has 2 atom stereocenters. The van der Waals surface area contributed by atoms with E-state index in [1.54, 1.807) is 7.05 Å². The number of halogens is 3. The monoisotopic (exact) mass is 319 g/mol. The SMILES string of the molecule is CNC(c1cc(F)c(Br)cc1F)C1CCCCO1. The van der Waals surface area contributed by atoms with Crippen molar-refractivity contribution in [2.45, 2.75) is 31.4 Å². The van der Waals surface area contributed by atoms with E-state index in [0.29, 0.717) is 12.2 Å². The van der Waals surface area contributed by atoms with Crippen molar-refractivity contribution in [2.24, 2.45) is 0 Å². The summed E-state index contributed by atoms with van der Waals surface area (Å²) in [4.78, 5) is 0. The van der Waals surface area contributed by atoms with E-state index in [4.69, 9.17) is 4.74 Å². The van der Waals surface area contributed by atoms with Crippen LogP contribution in [0.1, 0.15) is 30.9 Å². The summed E-state index contributed by atoms with van der Waals surface area (Å²) in [6.45, 7) is 0.684. The van der Waals surface area contributed by atoms with Crippen molar-refractivity contribution in [3.63, 3.8) is 0 Å². The summed E-state index contributed by atoms with van der Waals surface area (Å²) in [5.74, 6) is -0.876. The third kappa shape index (κ3) is 2.90. The second-order valence-electron chi connectivity index (χ2n) is 4.46. The second-order valence-corrected chi connectivity index (χ2v) is 5.31. The minimum Gasteiger partial charge on any atom is -0.376 e. The molecule has 18 heavy (non-hydrogen) atoms. The highest BCUT2D eigenvalue weighted by Gasteiger charge is 2.27. The molecule has 0 saturated carbocycles. The highest BCUT2D eigenvalue weighted by molar-refractivity contribution is 9.10. The lowest BCUT2D eigenvalue weighted by atomic mass is 9.95. The fourth-order valence-electron chi connectivity index (χ4n) is 2.35. The summed E-state index contributed by atoms with van der Waals surface area (Å²) in [7, 11) is 1.74. The summed E-state index contributed by atoms with van der Waals surface area (Å²) < 4.78 is 33.3. The Kier molecular flexibility index (Phi) is 4.70. The molecule has 1 aromatic rings. The Labute approximate surface area is 114 Å². The fraction of sp³-hybridized carbons (Fsp3) is 0.538. The number of likely N-dealkylation sites (N-methyl/N-ethyl adjacent to an activating group) is 1. The molecule has 0 aliphatic carbocycles. The van der Waals surface area contributed by atoms with Crippen LogP contribution >= 0.6 is 15.9 Å². The average molecular weight is 320 g/mol. The molecule has 1 saturated heterocycles. The molecule has 1 aliphatic rings. The summed E-state index contributed by atoms with van der Waals surface area (Å²) in [6, 6.07) is 2.09. The van der Waals surface area contributed by atoms with Crippen molar-refractivity contribution >= 4 is 15.9 Å². The molecule has 100 valence electrons. The molecule has 1 heterocycles. The normalized spacial score (nSPS) is 21.9. The molecule has 0 bridgehead atoms. The summed E-state index contributed by atoms with van der Waals surface area (Å²) in [5.41, 5.74) is 0.324. The van der Waals surface area contributed by atoms with Gasteiger partial charge in [0.15, 0.2) is 0 Å². The van der Waals surface area contributed by atoms with Gasteiger partial charge in [0, 0.05) is 12.2 Å². The number of hydrogen-bond acceptors (Lipinski definition) is 2. The van der Waals surface area contributed by atoms with Crippen LogP contribution in [0.5, 0.6) is 0 Å². The number of ether oxygens (including phenoxy) is 1. The molecule has 0 radical (unpaired) electrons. The van der Waals surface area contributed by atoms with Crippen molar-refractivity contribution in [3.8, 4) is 0 Å². The Bertz CT molecular complexity index is 422. The molecule has 1 N–H and O–H groups in total. The van der Waals surface area contributed by atoms with Gasteiger partial charge in [-0.25, -0.2) is 8.78 Å². The molecule has 2 unspecified atom stereocenters. The van der Waals surface area contributed by atoms with Crippen LogP contribution in [-0.2, 0) is 4.74 Å². The molecular formula is C13H16BrF2NO. The summed E-state index contributed by atoms with van der Waals surface area (Å²) in [5, 5.41) is 3.03. The van der Waals surface area contributed by atoms with E-state index in [1.165, 1.54) is 6.07 Å². The molecule has 2 nitrogen and oxygen atoms in total. The zero-order valence-corrected chi connectivity index (χ0v) is 11.8. The molecule has 2 rings (SSSR count). The highest BCUT2D eigenvalue weighted by Crippen LogP contribution is 2.30. The number of hydrogen-bond donors (Lipinski definition) is 1.